The zero-order valence-electron chi connectivity index (χ0n) is 23.7. The Kier molecular flexibility index (Phi) is 9.12. The Morgan fingerprint density at radius 1 is 0.854 bits per heavy atom. The molecule has 1 saturated heterocycles. The van der Waals surface area contributed by atoms with E-state index in [1.54, 1.807) is 0 Å². The molecule has 1 aliphatic heterocycles. The molecule has 0 saturated carbocycles. The van der Waals surface area contributed by atoms with Crippen LogP contribution in [0.2, 0.25) is 0 Å². The van der Waals surface area contributed by atoms with Gasteiger partial charge in [-0.05, 0) is 73.8 Å². The van der Waals surface area contributed by atoms with Crippen molar-refractivity contribution in [3.05, 3.63) is 120 Å². The van der Waals surface area contributed by atoms with Crippen LogP contribution in [0.4, 0.5) is 11.4 Å². The van der Waals surface area contributed by atoms with Crippen LogP contribution in [0.15, 0.2) is 109 Å². The molecule has 1 heterocycles. The van der Waals surface area contributed by atoms with Crippen molar-refractivity contribution in [1.82, 2.24) is 4.90 Å². The molecule has 0 aliphatic carbocycles. The van der Waals surface area contributed by atoms with E-state index in [1.807, 2.05) is 111 Å². The lowest BCUT2D eigenvalue weighted by Crippen LogP contribution is -2.46. The predicted molar refractivity (Wildman–Crippen MR) is 165 cm³/mol. The van der Waals surface area contributed by atoms with Crippen molar-refractivity contribution >= 4 is 23.3 Å². The molecule has 4 aromatic carbocycles. The molecule has 0 spiro atoms. The van der Waals surface area contributed by atoms with E-state index >= 15 is 0 Å². The molecule has 41 heavy (non-hydrogen) atoms. The van der Waals surface area contributed by atoms with Crippen LogP contribution in [0.1, 0.15) is 41.7 Å². The number of benzene rings is 4. The van der Waals surface area contributed by atoms with Gasteiger partial charge in [0.05, 0.1) is 6.61 Å². The van der Waals surface area contributed by atoms with E-state index in [1.165, 1.54) is 0 Å². The lowest BCUT2D eigenvalue weighted by molar-refractivity contribution is -0.150. The third-order valence-corrected chi connectivity index (χ3v) is 7.82. The Balaban J connectivity index is 1.21. The minimum absolute atomic E-state index is 0.129. The van der Waals surface area contributed by atoms with Crippen LogP contribution in [0.5, 0.6) is 0 Å². The number of carbonyl (C=O) groups excluding carboxylic acids is 2. The van der Waals surface area contributed by atoms with E-state index in [0.29, 0.717) is 12.2 Å². The van der Waals surface area contributed by atoms with Crippen molar-refractivity contribution in [3.63, 3.8) is 0 Å². The van der Waals surface area contributed by atoms with E-state index in [4.69, 9.17) is 4.74 Å². The fourth-order valence-electron chi connectivity index (χ4n) is 5.64. The van der Waals surface area contributed by atoms with Gasteiger partial charge in [0, 0.05) is 36.1 Å². The number of hydrogen-bond donors (Lipinski definition) is 1. The quantitative estimate of drug-likeness (QED) is 0.233. The summed E-state index contributed by atoms with van der Waals surface area (Å²) in [5.41, 5.74) is 5.41. The van der Waals surface area contributed by atoms with Crippen LogP contribution in [-0.2, 0) is 9.53 Å². The van der Waals surface area contributed by atoms with Crippen molar-refractivity contribution in [1.29, 1.82) is 0 Å². The average molecular weight is 548 g/mol. The number of ether oxygens (including phenoxy) is 1. The van der Waals surface area contributed by atoms with E-state index in [0.717, 1.165) is 54.0 Å². The molecule has 6 heteroatoms. The first kappa shape index (κ1) is 28.1. The highest BCUT2D eigenvalue weighted by Crippen LogP contribution is 2.30. The summed E-state index contributed by atoms with van der Waals surface area (Å²) in [5.74, 6) is -0.330. The number of anilines is 2. The number of esters is 1. The molecule has 0 aromatic heterocycles. The molecule has 6 nitrogen and oxygen atoms in total. The Bertz CT molecular complexity index is 1430. The summed E-state index contributed by atoms with van der Waals surface area (Å²) in [6, 6.07) is 35.4. The third-order valence-electron chi connectivity index (χ3n) is 7.82. The standard InChI is InChI=1S/C35H37N3O3/c1-3-41-35(40)33(27-14-8-5-9-15-27)37(2)29-22-24-38(25-23-29)30-20-18-28(19-21-30)36-34(39)32-17-11-10-16-31(32)26-12-6-4-7-13-26/h4-21,29,33H,3,22-25H2,1-2H3,(H,36,39). The number of piperidine rings is 1. The zero-order valence-corrected chi connectivity index (χ0v) is 23.7. The molecule has 1 fully saturated rings. The normalized spacial score (nSPS) is 14.5. The fourth-order valence-corrected chi connectivity index (χ4v) is 5.64. The molecular weight excluding hydrogens is 510 g/mol. The molecule has 1 unspecified atom stereocenters. The van der Waals surface area contributed by atoms with Gasteiger partial charge in [-0.25, -0.2) is 4.79 Å². The zero-order chi connectivity index (χ0) is 28.6. The number of carbonyl (C=O) groups is 2. The highest BCUT2D eigenvalue weighted by molar-refractivity contribution is 6.08. The first-order valence-corrected chi connectivity index (χ1v) is 14.3. The predicted octanol–water partition coefficient (Wildman–Crippen LogP) is 6.81. The minimum atomic E-state index is -0.414. The molecule has 4 aromatic rings. The summed E-state index contributed by atoms with van der Waals surface area (Å²) in [7, 11) is 2.03. The second-order valence-corrected chi connectivity index (χ2v) is 10.4. The van der Waals surface area contributed by atoms with Crippen LogP contribution in [-0.4, -0.2) is 49.6 Å². The number of rotatable bonds is 9. The molecule has 210 valence electrons. The molecule has 1 N–H and O–H groups in total. The molecule has 0 bridgehead atoms. The summed E-state index contributed by atoms with van der Waals surface area (Å²) >= 11 is 0. The number of nitrogens with one attached hydrogen (secondary N) is 1. The smallest absolute Gasteiger partial charge is 0.327 e. The summed E-state index contributed by atoms with van der Waals surface area (Å²) in [6.07, 6.45) is 1.88. The largest absolute Gasteiger partial charge is 0.465 e. The van der Waals surface area contributed by atoms with Gasteiger partial charge in [0.1, 0.15) is 6.04 Å². The molecule has 5 rings (SSSR count). The second-order valence-electron chi connectivity index (χ2n) is 10.4. The van der Waals surface area contributed by atoms with Crippen molar-refractivity contribution < 1.29 is 14.3 Å². The van der Waals surface area contributed by atoms with Crippen LogP contribution in [0, 0.1) is 0 Å². The molecule has 1 amide bonds. The van der Waals surface area contributed by atoms with E-state index in [2.05, 4.69) is 27.2 Å². The monoisotopic (exact) mass is 547 g/mol. The van der Waals surface area contributed by atoms with Gasteiger partial charge in [-0.3, -0.25) is 9.69 Å². The molecule has 1 atom stereocenters. The van der Waals surface area contributed by atoms with E-state index < -0.39 is 6.04 Å². The molecule has 1 aliphatic rings. The summed E-state index contributed by atoms with van der Waals surface area (Å²) < 4.78 is 5.44. The Hall–Kier alpha value is -4.42. The second kappa shape index (κ2) is 13.3. The maximum Gasteiger partial charge on any atom is 0.327 e. The Morgan fingerprint density at radius 2 is 1.46 bits per heavy atom. The van der Waals surface area contributed by atoms with Gasteiger partial charge in [-0.2, -0.15) is 0 Å². The summed E-state index contributed by atoms with van der Waals surface area (Å²) in [4.78, 5) is 30.6. The molecular formula is C35H37N3O3. The van der Waals surface area contributed by atoms with Crippen LogP contribution in [0.25, 0.3) is 11.1 Å². The number of likely N-dealkylation sites (N-methyl/N-ethyl adjacent to an activating group) is 1. The van der Waals surface area contributed by atoms with Crippen LogP contribution < -0.4 is 10.2 Å². The van der Waals surface area contributed by atoms with Crippen LogP contribution >= 0.6 is 0 Å². The fraction of sp³-hybridized carbons (Fsp3) is 0.257. The maximum absolute atomic E-state index is 13.2. The van der Waals surface area contributed by atoms with Crippen molar-refractivity contribution in [2.75, 3.05) is 37.0 Å². The van der Waals surface area contributed by atoms with Gasteiger partial charge in [0.15, 0.2) is 0 Å². The highest BCUT2D eigenvalue weighted by Gasteiger charge is 2.33. The Labute approximate surface area is 242 Å². The number of amides is 1. The van der Waals surface area contributed by atoms with Gasteiger partial charge in [0.25, 0.3) is 5.91 Å². The van der Waals surface area contributed by atoms with Gasteiger partial charge >= 0.3 is 5.97 Å². The topological polar surface area (TPSA) is 61.9 Å². The molecule has 0 radical (unpaired) electrons. The van der Waals surface area contributed by atoms with Crippen LogP contribution in [0.3, 0.4) is 0 Å². The van der Waals surface area contributed by atoms with Gasteiger partial charge in [-0.15, -0.1) is 0 Å². The lowest BCUT2D eigenvalue weighted by Gasteiger charge is -2.40. The van der Waals surface area contributed by atoms with Gasteiger partial charge in [0.2, 0.25) is 0 Å². The first-order chi connectivity index (χ1) is 20.0. The lowest BCUT2D eigenvalue weighted by atomic mass is 9.98. The van der Waals surface area contributed by atoms with E-state index in [-0.39, 0.29) is 17.9 Å². The third kappa shape index (κ3) is 6.67. The highest BCUT2D eigenvalue weighted by atomic mass is 16.5. The minimum Gasteiger partial charge on any atom is -0.465 e. The first-order valence-electron chi connectivity index (χ1n) is 14.3. The number of hydrogen-bond acceptors (Lipinski definition) is 5. The average Bonchev–Trinajstić information content (AvgIpc) is 3.03. The summed E-state index contributed by atoms with van der Waals surface area (Å²) in [6.45, 7) is 3.98. The van der Waals surface area contributed by atoms with Gasteiger partial charge < -0.3 is 15.0 Å². The summed E-state index contributed by atoms with van der Waals surface area (Å²) in [5, 5.41) is 3.06. The van der Waals surface area contributed by atoms with Crippen molar-refractivity contribution in [3.8, 4) is 11.1 Å². The van der Waals surface area contributed by atoms with Crippen molar-refractivity contribution in [2.24, 2.45) is 0 Å². The maximum atomic E-state index is 13.2. The Morgan fingerprint density at radius 3 is 2.12 bits per heavy atom. The SMILES string of the molecule is CCOC(=O)C(c1ccccc1)N(C)C1CCN(c2ccc(NC(=O)c3ccccc3-c3ccccc3)cc2)CC1. The van der Waals surface area contributed by atoms with E-state index in [9.17, 15) is 9.59 Å². The number of nitrogens with zero attached hydrogens (tertiary/aromatic N) is 2. The van der Waals surface area contributed by atoms with Gasteiger partial charge in [-0.1, -0.05) is 78.9 Å². The van der Waals surface area contributed by atoms with Crippen molar-refractivity contribution in [2.45, 2.75) is 31.8 Å².